The van der Waals surface area contributed by atoms with Crippen LogP contribution in [0.4, 0.5) is 14.4 Å². The number of hydrazone groups is 2. The summed E-state index contributed by atoms with van der Waals surface area (Å²) >= 11 is 0. The number of nitrogens with one attached hydrogen (secondary N) is 5. The number of carbonyl (C=O) groups is 7. The number of guanidine groups is 4. The minimum Gasteiger partial charge on any atom is -0.480 e. The smallest absolute Gasteiger partial charge is 0.408 e. The van der Waals surface area contributed by atoms with Gasteiger partial charge < -0.3 is 91.8 Å². The van der Waals surface area contributed by atoms with Gasteiger partial charge in [-0.1, -0.05) is 142 Å². The number of halogens is 2. The Morgan fingerprint density at radius 1 is 0.415 bits per heavy atom. The molecule has 0 aliphatic carbocycles. The van der Waals surface area contributed by atoms with E-state index in [1.807, 2.05) is 106 Å². The molecule has 0 bridgehead atoms. The second kappa shape index (κ2) is 62.7. The molecule has 664 valence electrons. The molecule has 36 heteroatoms. The largest absolute Gasteiger partial charge is 0.480 e. The topological polar surface area (TPSA) is 571 Å². The number of benzene rings is 4. The van der Waals surface area contributed by atoms with E-state index in [0.717, 1.165) is 56.9 Å². The molecular weight excluding hydrogens is 1560 g/mol. The molecule has 4 aromatic carbocycles. The number of hydrogen-bond acceptors (Lipinski definition) is 18. The Kier molecular flexibility index (Phi) is 59.4. The van der Waals surface area contributed by atoms with Crippen LogP contribution in [0.15, 0.2) is 142 Å². The van der Waals surface area contributed by atoms with E-state index in [-0.39, 0.29) is 96.3 Å². The molecule has 118 heavy (non-hydrogen) atoms. The van der Waals surface area contributed by atoms with Crippen molar-refractivity contribution < 1.29 is 62.9 Å². The van der Waals surface area contributed by atoms with Crippen molar-refractivity contribution in [3.63, 3.8) is 0 Å². The summed E-state index contributed by atoms with van der Waals surface area (Å²) in [7, 11) is 0. The van der Waals surface area contributed by atoms with Crippen molar-refractivity contribution in [3.05, 3.63) is 164 Å². The van der Waals surface area contributed by atoms with E-state index in [1.54, 1.807) is 62.3 Å². The Labute approximate surface area is 709 Å². The molecule has 0 fully saturated rings. The zero-order valence-electron chi connectivity index (χ0n) is 71.2. The Bertz CT molecular complexity index is 3620. The average Bonchev–Trinajstić information content (AvgIpc) is 0.893. The van der Waals surface area contributed by atoms with Gasteiger partial charge in [0, 0.05) is 51.5 Å². The zero-order valence-corrected chi connectivity index (χ0v) is 72.8. The number of unbranched alkanes of at least 4 members (excludes halogenated alkanes) is 4. The second-order valence-corrected chi connectivity index (χ2v) is 31.5. The average molecular weight is 1700 g/mol. The number of alkyl carbamates (subject to hydrolysis) is 3. The number of carboxylic acids is 1. The van der Waals surface area contributed by atoms with Gasteiger partial charge in [0.1, 0.15) is 38.8 Å². The summed E-state index contributed by atoms with van der Waals surface area (Å²) in [6, 6.07) is 38.1. The first-order valence-electron chi connectivity index (χ1n) is 39.3. The molecule has 34 nitrogen and oxygen atoms in total. The molecule has 0 saturated carbocycles. The molecule has 0 saturated heterocycles. The van der Waals surface area contributed by atoms with Gasteiger partial charge in [-0.15, -0.1) is 24.8 Å². The second-order valence-electron chi connectivity index (χ2n) is 31.5. The van der Waals surface area contributed by atoms with Crippen molar-refractivity contribution in [1.29, 1.82) is 0 Å². The van der Waals surface area contributed by atoms with Crippen molar-refractivity contribution >= 4 is 90.3 Å². The molecule has 1 unspecified atom stereocenters. The Morgan fingerprint density at radius 2 is 0.686 bits per heavy atom. The lowest BCUT2D eigenvalue weighted by Gasteiger charge is -2.24. The number of amides is 3. The Morgan fingerprint density at radius 3 is 0.966 bits per heavy atom. The van der Waals surface area contributed by atoms with Gasteiger partial charge >= 0.3 is 24.2 Å². The maximum absolute atomic E-state index is 12.9. The fourth-order valence-corrected chi connectivity index (χ4v) is 11.1. The molecule has 0 aliphatic rings. The van der Waals surface area contributed by atoms with E-state index in [4.69, 9.17) is 65.2 Å². The molecule has 0 aliphatic heterocycles. The highest BCUT2D eigenvalue weighted by Crippen LogP contribution is 2.20. The van der Waals surface area contributed by atoms with Crippen LogP contribution < -0.4 is 72.5 Å². The van der Waals surface area contributed by atoms with Crippen LogP contribution in [0.2, 0.25) is 0 Å². The molecule has 0 heterocycles. The van der Waals surface area contributed by atoms with Crippen LogP contribution in [0.3, 0.4) is 0 Å². The number of carboxylic acid groups (broad SMARTS) is 1. The SMILES string of the molecule is CC(C)(C)OC(=O)N[C@@H](CCCCN/C(N)=N/[N+](=O)[O-])C(=O)O.CC(N)Cc1ccccc1.C[C@H](CC(=O)[C@@H](N)CCCCN=C(N)N)Cc1ccccc1.C[C@H](CC(=O)[C@H](CCCCN/C(N)=N/[N+](=O)[O-])NC(=O)OC(C)(C)C)Cc1ccccc1.C[C@H](CC(=O)[C@H](CCCCN=C(N)N)NC(=O)OC(C)(C)C)Cc1ccccc1.Cl.Cl. The molecular formula is C82H137Cl2N19O15. The van der Waals surface area contributed by atoms with E-state index in [9.17, 15) is 53.8 Å². The number of aliphatic imine (C=N–C) groups is 2. The first-order chi connectivity index (χ1) is 54.3. The normalized spacial score (nSPS) is 13.1. The van der Waals surface area contributed by atoms with Crippen LogP contribution in [-0.2, 0) is 59.1 Å². The van der Waals surface area contributed by atoms with E-state index < -0.39 is 69.2 Å². The monoisotopic (exact) mass is 1700 g/mol. The maximum Gasteiger partial charge on any atom is 0.408 e. The standard InChI is InChI=1S/C22H35N5O5.C22H36N4O3.C17H28N4O.C12H23N5O6.C9H13N.2ClH/c1-16(14-17-10-6-5-7-11-17)15-19(28)18(25-21(29)32-22(2,3)4)12-8-9-13-24-20(23)26-27(30)31;1-16(14-17-10-6-5-7-11-17)15-19(27)18(12-8-9-13-25-20(23)24)26-21(28)29-22(2,3)4;1-13(11-14-7-3-2-4-8-14)12-16(22)15(18)9-5-6-10-21-17(19)20;1-12(2,3)23-11(20)15-8(9(18)19)6-4-5-7-14-10(13)16-17(21)22;1-8(10)7-9-5-3-2-4-6-9;;/h5-7,10-11,16,18H,8-9,12-15H2,1-4H3,(H,25,29)(H3,23,24,26);5-7,10-11,16,18H,8-9,12-15H2,1-4H3,(H,26,28)(H4,23,24,25);2-4,7-8,13,15H,5-6,9-12,18H2,1H3,(H4,19,20,21);8H,4-7H2,1-3H3,(H,15,20)(H,18,19)(H3,13,14,16);2-6,8H,7,10H2,1H3;2*1H/t2*16-,18-;13-,15-;8-;;;/m0000.../s1. The van der Waals surface area contributed by atoms with Crippen molar-refractivity contribution in [3.8, 4) is 0 Å². The number of hydrogen-bond donors (Lipinski definition) is 14. The molecule has 4 aromatic rings. The number of ketones is 3. The van der Waals surface area contributed by atoms with Crippen molar-refractivity contribution in [1.82, 2.24) is 26.6 Å². The van der Waals surface area contributed by atoms with Gasteiger partial charge in [0.2, 0.25) is 0 Å². The van der Waals surface area contributed by atoms with Gasteiger partial charge in [0.15, 0.2) is 33.6 Å². The molecule has 3 amide bonds. The van der Waals surface area contributed by atoms with Crippen LogP contribution in [0.25, 0.3) is 0 Å². The van der Waals surface area contributed by atoms with Crippen molar-refractivity contribution in [2.24, 2.45) is 83.8 Å². The Balaban J connectivity index is -0.00000144. The van der Waals surface area contributed by atoms with Gasteiger partial charge in [-0.3, -0.25) is 24.4 Å². The number of nitrogens with two attached hydrogens (primary N) is 8. The zero-order chi connectivity index (χ0) is 87.8. The number of nitrogens with zero attached hydrogens (tertiary/aromatic N) is 6. The van der Waals surface area contributed by atoms with Crippen LogP contribution in [0, 0.1) is 38.0 Å². The number of carbonyl (C=O) groups excluding carboxylic acids is 6. The van der Waals surface area contributed by atoms with E-state index in [2.05, 4.69) is 90.1 Å². The predicted molar refractivity (Wildman–Crippen MR) is 470 cm³/mol. The van der Waals surface area contributed by atoms with Crippen LogP contribution >= 0.6 is 24.8 Å². The Hall–Kier alpha value is -10.5. The van der Waals surface area contributed by atoms with Crippen molar-refractivity contribution in [2.75, 3.05) is 26.2 Å². The molecule has 8 atom stereocenters. The minimum absolute atomic E-state index is 0. The van der Waals surface area contributed by atoms with Crippen LogP contribution in [0.1, 0.15) is 209 Å². The molecule has 0 spiro atoms. The summed E-state index contributed by atoms with van der Waals surface area (Å²) in [6.07, 6.45) is 9.81. The van der Waals surface area contributed by atoms with Gasteiger partial charge in [0.05, 0.1) is 18.1 Å². The summed E-state index contributed by atoms with van der Waals surface area (Å²) in [6.45, 7) is 25.6. The van der Waals surface area contributed by atoms with Gasteiger partial charge in [-0.2, -0.15) is 0 Å². The van der Waals surface area contributed by atoms with Gasteiger partial charge in [-0.05, 0) is 212 Å². The molecule has 22 N–H and O–H groups in total. The summed E-state index contributed by atoms with van der Waals surface area (Å²) < 4.78 is 15.6. The number of Topliss-reactive ketones (excluding diaryl/α,β-unsaturated/α-hetero) is 3. The summed E-state index contributed by atoms with van der Waals surface area (Å²) in [5.74, 6) is -0.897. The van der Waals surface area contributed by atoms with E-state index in [0.29, 0.717) is 96.3 Å². The third-order valence-corrected chi connectivity index (χ3v) is 16.1. The molecule has 0 radical (unpaired) electrons. The lowest BCUT2D eigenvalue weighted by Crippen LogP contribution is -2.44. The summed E-state index contributed by atoms with van der Waals surface area (Å²) in [4.78, 5) is 113. The first kappa shape index (κ1) is 112. The highest BCUT2D eigenvalue weighted by molar-refractivity contribution is 5.89. The lowest BCUT2D eigenvalue weighted by molar-refractivity contribution is -0.485. The quantitative estimate of drug-likeness (QED) is 0.00489. The molecule has 0 aromatic heterocycles. The lowest BCUT2D eigenvalue weighted by atomic mass is 9.92. The summed E-state index contributed by atoms with van der Waals surface area (Å²) in [5.41, 5.74) is 46.3. The van der Waals surface area contributed by atoms with E-state index in [1.165, 1.54) is 16.7 Å². The van der Waals surface area contributed by atoms with Crippen LogP contribution in [0.5, 0.6) is 0 Å². The fourth-order valence-electron chi connectivity index (χ4n) is 11.1. The number of ether oxygens (including phenoxy) is 3. The maximum atomic E-state index is 12.9. The summed E-state index contributed by atoms with van der Waals surface area (Å²) in [5, 5.41) is 46.3. The predicted octanol–water partition coefficient (Wildman–Crippen LogP) is 10.4. The number of rotatable bonds is 43. The first-order valence-corrected chi connectivity index (χ1v) is 39.3. The van der Waals surface area contributed by atoms with Crippen molar-refractivity contribution in [2.45, 2.75) is 259 Å². The molecule has 4 rings (SSSR count). The number of aliphatic carboxylic acids is 1. The van der Waals surface area contributed by atoms with Gasteiger partial charge in [-0.25, -0.2) is 39.4 Å². The minimum atomic E-state index is -1.17. The highest BCUT2D eigenvalue weighted by Gasteiger charge is 2.29. The van der Waals surface area contributed by atoms with Crippen LogP contribution in [-0.4, -0.2) is 154 Å². The fraction of sp³-hybridized carbons (Fsp3) is 0.573. The van der Waals surface area contributed by atoms with E-state index >= 15 is 0 Å². The number of nitro groups is 2. The highest BCUT2D eigenvalue weighted by atomic mass is 35.5. The third kappa shape index (κ3) is 65.7. The van der Waals surface area contributed by atoms with Gasteiger partial charge in [0.25, 0.3) is 11.9 Å². The third-order valence-electron chi connectivity index (χ3n) is 16.1.